The Bertz CT molecular complexity index is 210. The van der Waals surface area contributed by atoms with E-state index in [4.69, 9.17) is 10.5 Å². The Morgan fingerprint density at radius 3 is 2.38 bits per heavy atom. The van der Waals surface area contributed by atoms with Gasteiger partial charge in [-0.2, -0.15) is 0 Å². The van der Waals surface area contributed by atoms with E-state index >= 15 is 0 Å². The quantitative estimate of drug-likeness (QED) is 0.768. The summed E-state index contributed by atoms with van der Waals surface area (Å²) >= 11 is 0. The van der Waals surface area contributed by atoms with Crippen LogP contribution in [0, 0.1) is 11.8 Å². The average molecular weight is 227 g/mol. The molecule has 94 valence electrons. The van der Waals surface area contributed by atoms with E-state index in [1.807, 2.05) is 0 Å². The molecule has 3 N–H and O–H groups in total. The number of aliphatic hydroxyl groups is 1. The fraction of sp³-hybridized carbons (Fsp3) is 1.00. The average Bonchev–Trinajstić information content (AvgIpc) is 2.72. The molecule has 2 aliphatic carbocycles. The molecule has 3 heteroatoms. The molecule has 0 aromatic heterocycles. The third kappa shape index (κ3) is 2.96. The van der Waals surface area contributed by atoms with Crippen LogP contribution in [-0.2, 0) is 4.74 Å². The highest BCUT2D eigenvalue weighted by Gasteiger charge is 2.29. The maximum atomic E-state index is 9.69. The Kier molecular flexibility index (Phi) is 4.62. The zero-order valence-electron chi connectivity index (χ0n) is 10.1. The van der Waals surface area contributed by atoms with Crippen molar-refractivity contribution in [3.05, 3.63) is 0 Å². The van der Waals surface area contributed by atoms with Crippen molar-refractivity contribution in [2.24, 2.45) is 17.6 Å². The molecule has 0 saturated heterocycles. The Hall–Kier alpha value is -0.120. The van der Waals surface area contributed by atoms with E-state index < -0.39 is 0 Å². The highest BCUT2D eigenvalue weighted by molar-refractivity contribution is 4.80. The minimum atomic E-state index is -0.222. The van der Waals surface area contributed by atoms with Crippen molar-refractivity contribution in [3.63, 3.8) is 0 Å². The van der Waals surface area contributed by atoms with Gasteiger partial charge < -0.3 is 15.6 Å². The van der Waals surface area contributed by atoms with Crippen LogP contribution in [0.1, 0.15) is 44.9 Å². The highest BCUT2D eigenvalue weighted by atomic mass is 16.5. The first-order valence-corrected chi connectivity index (χ1v) is 6.81. The molecule has 0 aromatic carbocycles. The number of hydrogen-bond donors (Lipinski definition) is 2. The fourth-order valence-corrected chi connectivity index (χ4v) is 3.16. The monoisotopic (exact) mass is 227 g/mol. The SMILES string of the molecule is NCC1CCCCC1COC1CCCC1O. The molecule has 16 heavy (non-hydrogen) atoms. The van der Waals surface area contributed by atoms with Crippen LogP contribution in [0.25, 0.3) is 0 Å². The van der Waals surface area contributed by atoms with Crippen LogP contribution < -0.4 is 5.73 Å². The van der Waals surface area contributed by atoms with Crippen molar-refractivity contribution in [2.45, 2.75) is 57.2 Å². The van der Waals surface area contributed by atoms with Crippen LogP contribution in [0.2, 0.25) is 0 Å². The van der Waals surface area contributed by atoms with Crippen LogP contribution >= 0.6 is 0 Å². The molecule has 0 spiro atoms. The topological polar surface area (TPSA) is 55.5 Å². The van der Waals surface area contributed by atoms with E-state index in [-0.39, 0.29) is 12.2 Å². The number of hydrogen-bond acceptors (Lipinski definition) is 3. The molecule has 3 nitrogen and oxygen atoms in total. The Labute approximate surface area is 98.4 Å². The van der Waals surface area contributed by atoms with Gasteiger partial charge in [0.05, 0.1) is 18.8 Å². The van der Waals surface area contributed by atoms with Gasteiger partial charge in [0, 0.05) is 0 Å². The normalized spacial score (nSPS) is 40.1. The predicted molar refractivity (Wildman–Crippen MR) is 64.1 cm³/mol. The Morgan fingerprint density at radius 1 is 1.00 bits per heavy atom. The summed E-state index contributed by atoms with van der Waals surface area (Å²) in [6, 6.07) is 0. The lowest BCUT2D eigenvalue weighted by Crippen LogP contribution is -2.33. The van der Waals surface area contributed by atoms with Crippen molar-refractivity contribution in [1.82, 2.24) is 0 Å². The molecule has 2 saturated carbocycles. The summed E-state index contributed by atoms with van der Waals surface area (Å²) in [5, 5.41) is 9.69. The first-order chi connectivity index (χ1) is 7.81. The molecular formula is C13H25NO2. The summed E-state index contributed by atoms with van der Waals surface area (Å²) in [5.41, 5.74) is 5.80. The van der Waals surface area contributed by atoms with Gasteiger partial charge in [0.15, 0.2) is 0 Å². The van der Waals surface area contributed by atoms with Gasteiger partial charge >= 0.3 is 0 Å². The van der Waals surface area contributed by atoms with Gasteiger partial charge in [0.2, 0.25) is 0 Å². The summed E-state index contributed by atoms with van der Waals surface area (Å²) in [6.45, 7) is 1.60. The Morgan fingerprint density at radius 2 is 1.75 bits per heavy atom. The zero-order chi connectivity index (χ0) is 11.4. The number of rotatable bonds is 4. The molecule has 2 rings (SSSR count). The molecule has 0 bridgehead atoms. The largest absolute Gasteiger partial charge is 0.390 e. The lowest BCUT2D eigenvalue weighted by Gasteiger charge is -2.31. The van der Waals surface area contributed by atoms with Crippen LogP contribution in [0.4, 0.5) is 0 Å². The molecule has 0 heterocycles. The van der Waals surface area contributed by atoms with Crippen molar-refractivity contribution >= 4 is 0 Å². The predicted octanol–water partition coefficient (Wildman–Crippen LogP) is 1.68. The van der Waals surface area contributed by atoms with Gasteiger partial charge in [-0.15, -0.1) is 0 Å². The van der Waals surface area contributed by atoms with Gasteiger partial charge in [-0.05, 0) is 50.5 Å². The summed E-state index contributed by atoms with van der Waals surface area (Å²) < 4.78 is 5.88. The van der Waals surface area contributed by atoms with Crippen LogP contribution in [0.15, 0.2) is 0 Å². The smallest absolute Gasteiger partial charge is 0.0834 e. The summed E-state index contributed by atoms with van der Waals surface area (Å²) in [4.78, 5) is 0. The second kappa shape index (κ2) is 5.99. The van der Waals surface area contributed by atoms with Gasteiger partial charge in [-0.1, -0.05) is 12.8 Å². The van der Waals surface area contributed by atoms with E-state index in [0.717, 1.165) is 32.4 Å². The molecular weight excluding hydrogens is 202 g/mol. The van der Waals surface area contributed by atoms with Gasteiger partial charge in [-0.3, -0.25) is 0 Å². The fourth-order valence-electron chi connectivity index (χ4n) is 3.16. The molecule has 0 aromatic rings. The third-order valence-corrected chi connectivity index (χ3v) is 4.31. The van der Waals surface area contributed by atoms with Gasteiger partial charge in [-0.25, -0.2) is 0 Å². The number of nitrogens with two attached hydrogens (primary N) is 1. The van der Waals surface area contributed by atoms with E-state index in [0.29, 0.717) is 11.8 Å². The van der Waals surface area contributed by atoms with Crippen molar-refractivity contribution in [2.75, 3.05) is 13.2 Å². The first-order valence-electron chi connectivity index (χ1n) is 6.81. The van der Waals surface area contributed by atoms with Crippen LogP contribution in [-0.4, -0.2) is 30.5 Å². The van der Waals surface area contributed by atoms with E-state index in [9.17, 15) is 5.11 Å². The summed E-state index contributed by atoms with van der Waals surface area (Å²) in [7, 11) is 0. The van der Waals surface area contributed by atoms with Crippen molar-refractivity contribution in [1.29, 1.82) is 0 Å². The number of ether oxygens (including phenoxy) is 1. The number of aliphatic hydroxyl groups excluding tert-OH is 1. The van der Waals surface area contributed by atoms with Crippen molar-refractivity contribution < 1.29 is 9.84 Å². The van der Waals surface area contributed by atoms with Crippen LogP contribution in [0.3, 0.4) is 0 Å². The molecule has 4 unspecified atom stereocenters. The molecule has 2 fully saturated rings. The molecule has 0 radical (unpaired) electrons. The highest BCUT2D eigenvalue weighted by Crippen LogP contribution is 2.31. The Balaban J connectivity index is 1.75. The lowest BCUT2D eigenvalue weighted by molar-refractivity contribution is -0.0441. The van der Waals surface area contributed by atoms with Gasteiger partial charge in [0.1, 0.15) is 0 Å². The second-order valence-electron chi connectivity index (χ2n) is 5.41. The van der Waals surface area contributed by atoms with E-state index in [1.54, 1.807) is 0 Å². The maximum absolute atomic E-state index is 9.69. The molecule has 0 aliphatic heterocycles. The molecule has 0 amide bonds. The maximum Gasteiger partial charge on any atom is 0.0834 e. The van der Waals surface area contributed by atoms with E-state index in [2.05, 4.69) is 0 Å². The van der Waals surface area contributed by atoms with Crippen molar-refractivity contribution in [3.8, 4) is 0 Å². The lowest BCUT2D eigenvalue weighted by atomic mass is 9.80. The molecule has 2 aliphatic rings. The van der Waals surface area contributed by atoms with E-state index in [1.165, 1.54) is 25.7 Å². The minimum absolute atomic E-state index is 0.0975. The van der Waals surface area contributed by atoms with Gasteiger partial charge in [0.25, 0.3) is 0 Å². The third-order valence-electron chi connectivity index (χ3n) is 4.31. The standard InChI is InChI=1S/C13H25NO2/c14-8-10-4-1-2-5-11(10)9-16-13-7-3-6-12(13)15/h10-13,15H,1-9,14H2. The zero-order valence-corrected chi connectivity index (χ0v) is 10.1. The van der Waals surface area contributed by atoms with Crippen LogP contribution in [0.5, 0.6) is 0 Å². The minimum Gasteiger partial charge on any atom is -0.390 e. The first kappa shape index (κ1) is 12.3. The summed E-state index contributed by atoms with van der Waals surface area (Å²) in [5.74, 6) is 1.28. The second-order valence-corrected chi connectivity index (χ2v) is 5.41. The summed E-state index contributed by atoms with van der Waals surface area (Å²) in [6.07, 6.45) is 8.08. The molecule has 4 atom stereocenters.